The summed E-state index contributed by atoms with van der Waals surface area (Å²) >= 11 is 0. The minimum atomic E-state index is -0.217. The van der Waals surface area contributed by atoms with E-state index >= 15 is 0 Å². The van der Waals surface area contributed by atoms with E-state index in [1.807, 2.05) is 72.8 Å². The summed E-state index contributed by atoms with van der Waals surface area (Å²) in [4.78, 5) is 29.5. The topological polar surface area (TPSA) is 59.2 Å². The highest BCUT2D eigenvalue weighted by Crippen LogP contribution is 2.43. The summed E-state index contributed by atoms with van der Waals surface area (Å²) in [6, 6.07) is 24.3. The van der Waals surface area contributed by atoms with Gasteiger partial charge in [0.1, 0.15) is 5.75 Å². The fraction of sp³-hybridized carbons (Fsp3) is 0.0400. The molecule has 0 radical (unpaired) electrons. The molecule has 0 fully saturated rings. The molecule has 1 aliphatic carbocycles. The van der Waals surface area contributed by atoms with Gasteiger partial charge in [-0.05, 0) is 23.3 Å². The molecular weight excluding hydrogens is 362 g/mol. The standard InChI is InChI=1S/C25H17NO3/c1-29-17-13-11-16(12-14-17)20-21(15-7-3-2-4-8-15)25(28)26-23-18-9-5-6-10-19(18)24(27)22(20)23/h2-14H,1H3,(H,26,28). The lowest BCUT2D eigenvalue weighted by Gasteiger charge is -2.14. The van der Waals surface area contributed by atoms with Crippen molar-refractivity contribution in [2.24, 2.45) is 0 Å². The Kier molecular flexibility index (Phi) is 3.91. The Hall–Kier alpha value is -3.92. The van der Waals surface area contributed by atoms with Gasteiger partial charge in [-0.25, -0.2) is 0 Å². The highest BCUT2D eigenvalue weighted by atomic mass is 16.5. The summed E-state index contributed by atoms with van der Waals surface area (Å²) in [5.41, 5.74) is 4.99. The van der Waals surface area contributed by atoms with Gasteiger partial charge in [-0.1, -0.05) is 66.7 Å². The third kappa shape index (κ3) is 2.61. The number of benzene rings is 3. The maximum atomic E-state index is 13.4. The van der Waals surface area contributed by atoms with E-state index in [9.17, 15) is 9.59 Å². The molecule has 0 bridgehead atoms. The number of ether oxygens (including phenoxy) is 1. The van der Waals surface area contributed by atoms with Gasteiger partial charge < -0.3 is 9.72 Å². The molecule has 4 nitrogen and oxygen atoms in total. The van der Waals surface area contributed by atoms with E-state index in [1.165, 1.54) is 0 Å². The second-order valence-corrected chi connectivity index (χ2v) is 6.92. The number of pyridine rings is 1. The maximum absolute atomic E-state index is 13.4. The van der Waals surface area contributed by atoms with Crippen LogP contribution < -0.4 is 10.3 Å². The summed E-state index contributed by atoms with van der Waals surface area (Å²) in [6.07, 6.45) is 0. The molecule has 140 valence electrons. The summed E-state index contributed by atoms with van der Waals surface area (Å²) in [7, 11) is 1.61. The highest BCUT2D eigenvalue weighted by molar-refractivity contribution is 6.25. The van der Waals surface area contributed by atoms with Crippen LogP contribution in [0.3, 0.4) is 0 Å². The van der Waals surface area contributed by atoms with Crippen LogP contribution in [0.25, 0.3) is 33.5 Å². The molecule has 0 aliphatic heterocycles. The molecule has 29 heavy (non-hydrogen) atoms. The average Bonchev–Trinajstić information content (AvgIpc) is 3.05. The van der Waals surface area contributed by atoms with Crippen molar-refractivity contribution in [1.29, 1.82) is 0 Å². The highest BCUT2D eigenvalue weighted by Gasteiger charge is 2.33. The number of aromatic amines is 1. The van der Waals surface area contributed by atoms with Gasteiger partial charge >= 0.3 is 0 Å². The molecule has 4 heteroatoms. The minimum absolute atomic E-state index is 0.0742. The van der Waals surface area contributed by atoms with Crippen LogP contribution in [0, 0.1) is 0 Å². The number of aromatic nitrogens is 1. The van der Waals surface area contributed by atoms with Crippen molar-refractivity contribution in [3.63, 3.8) is 0 Å². The largest absolute Gasteiger partial charge is 0.497 e. The van der Waals surface area contributed by atoms with Crippen LogP contribution in [0.5, 0.6) is 5.75 Å². The van der Waals surface area contributed by atoms with Crippen molar-refractivity contribution in [2.75, 3.05) is 7.11 Å². The number of hydrogen-bond acceptors (Lipinski definition) is 3. The molecule has 1 N–H and O–H groups in total. The van der Waals surface area contributed by atoms with Gasteiger partial charge in [0.05, 0.1) is 23.9 Å². The van der Waals surface area contributed by atoms with E-state index in [1.54, 1.807) is 13.2 Å². The summed E-state index contributed by atoms with van der Waals surface area (Å²) in [5, 5.41) is 0. The molecule has 0 spiro atoms. The number of carbonyl (C=O) groups excluding carboxylic acids is 1. The zero-order valence-corrected chi connectivity index (χ0v) is 15.7. The van der Waals surface area contributed by atoms with E-state index in [0.717, 1.165) is 16.7 Å². The number of carbonyl (C=O) groups is 1. The SMILES string of the molecule is COc1ccc(-c2c3c([nH]c(=O)c2-c2ccccc2)-c2ccccc2C3=O)cc1. The van der Waals surface area contributed by atoms with Crippen molar-refractivity contribution < 1.29 is 9.53 Å². The average molecular weight is 379 g/mol. The van der Waals surface area contributed by atoms with E-state index in [2.05, 4.69) is 4.98 Å². The first-order chi connectivity index (χ1) is 14.2. The molecule has 0 amide bonds. The normalized spacial score (nSPS) is 11.8. The smallest absolute Gasteiger partial charge is 0.256 e. The van der Waals surface area contributed by atoms with Crippen LogP contribution in [-0.2, 0) is 0 Å². The first kappa shape index (κ1) is 17.2. The van der Waals surface area contributed by atoms with Gasteiger partial charge in [0.2, 0.25) is 0 Å². The number of rotatable bonds is 3. The molecule has 0 saturated carbocycles. The second-order valence-electron chi connectivity index (χ2n) is 6.92. The molecule has 1 aliphatic rings. The van der Waals surface area contributed by atoms with E-state index < -0.39 is 0 Å². The van der Waals surface area contributed by atoms with E-state index in [4.69, 9.17) is 4.74 Å². The predicted molar refractivity (Wildman–Crippen MR) is 113 cm³/mol. The molecule has 5 rings (SSSR count). The van der Waals surface area contributed by atoms with Crippen molar-refractivity contribution >= 4 is 5.78 Å². The van der Waals surface area contributed by atoms with Gasteiger partial charge in [0, 0.05) is 16.7 Å². The molecule has 1 aromatic heterocycles. The monoisotopic (exact) mass is 379 g/mol. The quantitative estimate of drug-likeness (QED) is 0.484. The molecule has 1 heterocycles. The third-order valence-electron chi connectivity index (χ3n) is 5.32. The zero-order chi connectivity index (χ0) is 20.0. The van der Waals surface area contributed by atoms with Gasteiger partial charge in [-0.3, -0.25) is 9.59 Å². The van der Waals surface area contributed by atoms with Crippen LogP contribution in [0.4, 0.5) is 0 Å². The number of fused-ring (bicyclic) bond motifs is 3. The lowest BCUT2D eigenvalue weighted by molar-refractivity contribution is 0.104. The van der Waals surface area contributed by atoms with Crippen LogP contribution in [0.2, 0.25) is 0 Å². The van der Waals surface area contributed by atoms with Crippen LogP contribution in [0.15, 0.2) is 83.7 Å². The molecular formula is C25H17NO3. The van der Waals surface area contributed by atoms with E-state index in [0.29, 0.717) is 33.7 Å². The fourth-order valence-electron chi connectivity index (χ4n) is 3.99. The molecule has 0 atom stereocenters. The Morgan fingerprint density at radius 2 is 1.28 bits per heavy atom. The second kappa shape index (κ2) is 6.60. The third-order valence-corrected chi connectivity index (χ3v) is 5.32. The maximum Gasteiger partial charge on any atom is 0.256 e. The predicted octanol–water partition coefficient (Wildman–Crippen LogP) is 4.93. The Labute approximate surface area is 167 Å². The first-order valence-electron chi connectivity index (χ1n) is 9.33. The van der Waals surface area contributed by atoms with Gasteiger partial charge in [0.25, 0.3) is 5.56 Å². The van der Waals surface area contributed by atoms with Gasteiger partial charge in [-0.2, -0.15) is 0 Å². The molecule has 0 saturated heterocycles. The van der Waals surface area contributed by atoms with Crippen LogP contribution in [0.1, 0.15) is 15.9 Å². The van der Waals surface area contributed by atoms with Gasteiger partial charge in [-0.15, -0.1) is 0 Å². The lowest BCUT2D eigenvalue weighted by Crippen LogP contribution is -2.14. The number of methoxy groups -OCH3 is 1. The van der Waals surface area contributed by atoms with Crippen molar-refractivity contribution in [3.8, 4) is 39.3 Å². The number of ketones is 1. The van der Waals surface area contributed by atoms with Crippen LogP contribution in [-0.4, -0.2) is 17.9 Å². The molecule has 4 aromatic rings. The number of hydrogen-bond donors (Lipinski definition) is 1. The summed E-state index contributed by atoms with van der Waals surface area (Å²) < 4.78 is 5.27. The first-order valence-corrected chi connectivity index (χ1v) is 9.33. The minimum Gasteiger partial charge on any atom is -0.497 e. The Morgan fingerprint density at radius 1 is 0.655 bits per heavy atom. The summed E-state index contributed by atoms with van der Waals surface area (Å²) in [5.74, 6) is 0.640. The lowest BCUT2D eigenvalue weighted by atomic mass is 9.90. The Balaban J connectivity index is 1.89. The number of nitrogens with one attached hydrogen (secondary N) is 1. The van der Waals surface area contributed by atoms with Gasteiger partial charge in [0.15, 0.2) is 5.78 Å². The summed E-state index contributed by atoms with van der Waals surface area (Å²) in [6.45, 7) is 0. The van der Waals surface area contributed by atoms with Crippen molar-refractivity contribution in [2.45, 2.75) is 0 Å². The van der Waals surface area contributed by atoms with Crippen molar-refractivity contribution in [3.05, 3.63) is 100 Å². The Morgan fingerprint density at radius 3 is 1.97 bits per heavy atom. The molecule has 0 unspecified atom stereocenters. The number of H-pyrrole nitrogens is 1. The van der Waals surface area contributed by atoms with E-state index in [-0.39, 0.29) is 11.3 Å². The molecule has 3 aromatic carbocycles. The van der Waals surface area contributed by atoms with Crippen LogP contribution >= 0.6 is 0 Å². The fourth-order valence-corrected chi connectivity index (χ4v) is 3.99. The Bertz CT molecular complexity index is 1300. The van der Waals surface area contributed by atoms with Crippen molar-refractivity contribution in [1.82, 2.24) is 4.98 Å². The zero-order valence-electron chi connectivity index (χ0n) is 15.7.